The molecule has 6 nitrogen and oxygen atoms in total. The van der Waals surface area contributed by atoms with Crippen molar-refractivity contribution in [1.82, 2.24) is 20.0 Å². The van der Waals surface area contributed by atoms with E-state index in [1.54, 1.807) is 18.2 Å². The van der Waals surface area contributed by atoms with Gasteiger partial charge in [0.15, 0.2) is 0 Å². The van der Waals surface area contributed by atoms with Gasteiger partial charge >= 0.3 is 0 Å². The van der Waals surface area contributed by atoms with Gasteiger partial charge in [-0.25, -0.2) is 9.07 Å². The molecule has 2 heterocycles. The maximum Gasteiger partial charge on any atom is 0.260 e. The lowest BCUT2D eigenvalue weighted by Gasteiger charge is -2.01. The molecule has 0 radical (unpaired) electrons. The molecule has 0 atom stereocenters. The Bertz CT molecular complexity index is 842. The Kier molecular flexibility index (Phi) is 4.16. The highest BCUT2D eigenvalue weighted by molar-refractivity contribution is 7.15. The summed E-state index contributed by atoms with van der Waals surface area (Å²) in [5, 5.41) is 15.9. The van der Waals surface area contributed by atoms with E-state index in [0.717, 1.165) is 5.01 Å². The van der Waals surface area contributed by atoms with Gasteiger partial charge in [-0.05, 0) is 12.1 Å². The first-order valence-corrected chi connectivity index (χ1v) is 7.80. The highest BCUT2D eigenvalue weighted by Crippen LogP contribution is 2.23. The van der Waals surface area contributed by atoms with Crippen molar-refractivity contribution in [2.75, 3.05) is 5.32 Å². The summed E-state index contributed by atoms with van der Waals surface area (Å²) >= 11 is 1.33. The van der Waals surface area contributed by atoms with Crippen LogP contribution in [0.4, 0.5) is 9.52 Å². The number of para-hydroxylation sites is 1. The summed E-state index contributed by atoms with van der Waals surface area (Å²) < 4.78 is 15.1. The van der Waals surface area contributed by atoms with E-state index >= 15 is 0 Å². The Hall–Kier alpha value is -2.61. The number of carbonyl (C=O) groups is 1. The van der Waals surface area contributed by atoms with Crippen LogP contribution in [0.5, 0.6) is 0 Å². The molecule has 3 rings (SSSR count). The molecule has 1 amide bonds. The lowest BCUT2D eigenvalue weighted by molar-refractivity contribution is 0.102. The molecule has 1 aromatic carbocycles. The fourth-order valence-corrected chi connectivity index (χ4v) is 2.64. The molecule has 0 saturated carbocycles. The zero-order chi connectivity index (χ0) is 16.4. The predicted molar refractivity (Wildman–Crippen MR) is 85.5 cm³/mol. The smallest absolute Gasteiger partial charge is 0.260 e. The van der Waals surface area contributed by atoms with E-state index in [1.807, 2.05) is 13.8 Å². The van der Waals surface area contributed by atoms with Gasteiger partial charge in [-0.15, -0.1) is 10.2 Å². The van der Waals surface area contributed by atoms with Crippen molar-refractivity contribution in [2.24, 2.45) is 0 Å². The van der Waals surface area contributed by atoms with Gasteiger partial charge in [0, 0.05) is 12.1 Å². The molecule has 0 unspecified atom stereocenters. The quantitative estimate of drug-likeness (QED) is 0.796. The van der Waals surface area contributed by atoms with E-state index < -0.39 is 5.82 Å². The number of benzene rings is 1. The Morgan fingerprint density at radius 3 is 2.78 bits per heavy atom. The van der Waals surface area contributed by atoms with E-state index in [1.165, 1.54) is 34.5 Å². The van der Waals surface area contributed by atoms with Crippen molar-refractivity contribution in [3.63, 3.8) is 0 Å². The number of nitrogens with one attached hydrogen (secondary N) is 1. The Morgan fingerprint density at radius 2 is 2.09 bits per heavy atom. The minimum absolute atomic E-state index is 0.252. The molecule has 23 heavy (non-hydrogen) atoms. The number of anilines is 1. The van der Waals surface area contributed by atoms with Crippen LogP contribution in [0.1, 0.15) is 35.1 Å². The summed E-state index contributed by atoms with van der Waals surface area (Å²) in [6, 6.07) is 6.22. The molecule has 0 fully saturated rings. The van der Waals surface area contributed by atoms with Crippen LogP contribution >= 0.6 is 11.3 Å². The fraction of sp³-hybridized carbons (Fsp3) is 0.200. The maximum atomic E-state index is 13.7. The largest absolute Gasteiger partial charge is 0.296 e. The zero-order valence-electron chi connectivity index (χ0n) is 12.5. The minimum atomic E-state index is -0.409. The van der Waals surface area contributed by atoms with Crippen LogP contribution in [-0.2, 0) is 0 Å². The number of amides is 1. The third-order valence-corrected chi connectivity index (χ3v) is 4.24. The van der Waals surface area contributed by atoms with Crippen molar-refractivity contribution < 1.29 is 9.18 Å². The second-order valence-electron chi connectivity index (χ2n) is 5.18. The average molecular weight is 331 g/mol. The molecule has 0 saturated heterocycles. The van der Waals surface area contributed by atoms with Crippen molar-refractivity contribution in [3.05, 3.63) is 53.0 Å². The van der Waals surface area contributed by atoms with Gasteiger partial charge in [0.1, 0.15) is 16.5 Å². The standard InChI is InChI=1S/C15H14FN5OS/c1-9(2)14-19-20-15(23-14)18-13(22)10-7-17-21(8-10)12-6-4-3-5-11(12)16/h3-9H,1-2H3,(H,18,20,22). The lowest BCUT2D eigenvalue weighted by atomic mass is 10.2. The molecule has 118 valence electrons. The van der Waals surface area contributed by atoms with E-state index in [4.69, 9.17) is 0 Å². The number of rotatable bonds is 4. The van der Waals surface area contributed by atoms with E-state index in [2.05, 4.69) is 20.6 Å². The van der Waals surface area contributed by atoms with Crippen molar-refractivity contribution in [3.8, 4) is 5.69 Å². The first-order chi connectivity index (χ1) is 11.0. The molecule has 0 bridgehead atoms. The number of nitrogens with zero attached hydrogens (tertiary/aromatic N) is 4. The van der Waals surface area contributed by atoms with Gasteiger partial charge in [0.25, 0.3) is 5.91 Å². The predicted octanol–water partition coefficient (Wildman–Crippen LogP) is 3.24. The van der Waals surface area contributed by atoms with Gasteiger partial charge in [0.2, 0.25) is 5.13 Å². The molecule has 2 aromatic heterocycles. The second-order valence-corrected chi connectivity index (χ2v) is 6.19. The Labute approximate surface area is 136 Å². The summed E-state index contributed by atoms with van der Waals surface area (Å²) in [5.74, 6) is -0.519. The zero-order valence-corrected chi connectivity index (χ0v) is 13.3. The van der Waals surface area contributed by atoms with E-state index in [0.29, 0.717) is 10.7 Å². The van der Waals surface area contributed by atoms with Crippen molar-refractivity contribution in [1.29, 1.82) is 0 Å². The maximum absolute atomic E-state index is 13.7. The first-order valence-electron chi connectivity index (χ1n) is 6.99. The topological polar surface area (TPSA) is 72.7 Å². The fourth-order valence-electron chi connectivity index (χ4n) is 1.90. The molecule has 0 aliphatic heterocycles. The molecule has 0 spiro atoms. The van der Waals surface area contributed by atoms with Crippen LogP contribution in [0, 0.1) is 5.82 Å². The van der Waals surface area contributed by atoms with Crippen LogP contribution in [0.3, 0.4) is 0 Å². The Morgan fingerprint density at radius 1 is 1.30 bits per heavy atom. The highest BCUT2D eigenvalue weighted by Gasteiger charge is 2.14. The van der Waals surface area contributed by atoms with Crippen LogP contribution < -0.4 is 5.32 Å². The number of halogens is 1. The summed E-state index contributed by atoms with van der Waals surface area (Å²) in [7, 11) is 0. The van der Waals surface area contributed by atoms with Crippen molar-refractivity contribution >= 4 is 22.4 Å². The normalized spacial score (nSPS) is 11.0. The van der Waals surface area contributed by atoms with Gasteiger partial charge < -0.3 is 0 Å². The van der Waals surface area contributed by atoms with Crippen LogP contribution in [-0.4, -0.2) is 25.9 Å². The molecular weight excluding hydrogens is 317 g/mol. The molecule has 0 aliphatic carbocycles. The van der Waals surface area contributed by atoms with Gasteiger partial charge in [-0.2, -0.15) is 5.10 Å². The summed E-state index contributed by atoms with van der Waals surface area (Å²) in [6.07, 6.45) is 2.85. The van der Waals surface area contributed by atoms with Crippen LogP contribution in [0.25, 0.3) is 5.69 Å². The molecule has 0 aliphatic rings. The van der Waals surface area contributed by atoms with E-state index in [-0.39, 0.29) is 17.5 Å². The number of carbonyl (C=O) groups excluding carboxylic acids is 1. The summed E-state index contributed by atoms with van der Waals surface area (Å²) in [6.45, 7) is 4.01. The van der Waals surface area contributed by atoms with Crippen LogP contribution in [0.15, 0.2) is 36.7 Å². The Balaban J connectivity index is 1.77. The van der Waals surface area contributed by atoms with Crippen LogP contribution in [0.2, 0.25) is 0 Å². The van der Waals surface area contributed by atoms with Gasteiger partial charge in [-0.3, -0.25) is 10.1 Å². The summed E-state index contributed by atoms with van der Waals surface area (Å²) in [5.41, 5.74) is 0.596. The molecule has 8 heteroatoms. The molecular formula is C15H14FN5OS. The van der Waals surface area contributed by atoms with Gasteiger partial charge in [-0.1, -0.05) is 37.3 Å². The first kappa shape index (κ1) is 15.3. The second kappa shape index (κ2) is 6.25. The number of aromatic nitrogens is 4. The third-order valence-electron chi connectivity index (χ3n) is 3.10. The number of hydrogen-bond donors (Lipinski definition) is 1. The minimum Gasteiger partial charge on any atom is -0.296 e. The monoisotopic (exact) mass is 331 g/mol. The van der Waals surface area contributed by atoms with Crippen molar-refractivity contribution in [2.45, 2.75) is 19.8 Å². The average Bonchev–Trinajstić information content (AvgIpc) is 3.16. The summed E-state index contributed by atoms with van der Waals surface area (Å²) in [4.78, 5) is 12.2. The molecule has 1 N–H and O–H groups in total. The SMILES string of the molecule is CC(C)c1nnc(NC(=O)c2cnn(-c3ccccc3F)c2)s1. The number of hydrogen-bond acceptors (Lipinski definition) is 5. The lowest BCUT2D eigenvalue weighted by Crippen LogP contribution is -2.10. The molecule has 3 aromatic rings. The third kappa shape index (κ3) is 3.26. The van der Waals surface area contributed by atoms with Gasteiger partial charge in [0.05, 0.1) is 11.8 Å². The van der Waals surface area contributed by atoms with E-state index in [9.17, 15) is 9.18 Å². The highest BCUT2D eigenvalue weighted by atomic mass is 32.1.